The molecule has 3 fully saturated rings. The zero-order valence-corrected chi connectivity index (χ0v) is 28.8. The van der Waals surface area contributed by atoms with E-state index in [1.165, 1.54) is 0 Å². The first-order valence-electron chi connectivity index (χ1n) is 15.8. The van der Waals surface area contributed by atoms with Gasteiger partial charge in [-0.2, -0.15) is 0 Å². The first kappa shape index (κ1) is 32.6. The molecule has 2 aromatic heterocycles. The molecule has 0 spiro atoms. The number of carbonyl (C=O) groups is 2. The van der Waals surface area contributed by atoms with E-state index in [0.29, 0.717) is 37.3 Å². The van der Waals surface area contributed by atoms with Crippen LogP contribution in [0.5, 0.6) is 11.5 Å². The quantitative estimate of drug-likeness (QED) is 0.247. The van der Waals surface area contributed by atoms with E-state index in [4.69, 9.17) is 19.4 Å². The first-order valence-corrected chi connectivity index (χ1v) is 18.2. The lowest BCUT2D eigenvalue weighted by atomic mass is 9.88. The lowest BCUT2D eigenvalue weighted by Gasteiger charge is -2.23. The van der Waals surface area contributed by atoms with Crippen LogP contribution in [-0.2, 0) is 19.6 Å². The third kappa shape index (κ3) is 5.62. The topological polar surface area (TPSA) is 137 Å². The number of thiazole rings is 1. The number of ketones is 1. The molecular weight excluding hydrogens is 625 g/mol. The van der Waals surface area contributed by atoms with E-state index in [-0.39, 0.29) is 36.1 Å². The Labute approximate surface area is 274 Å². The normalized spacial score (nSPS) is 26.6. The van der Waals surface area contributed by atoms with Crippen molar-refractivity contribution < 1.29 is 27.5 Å². The van der Waals surface area contributed by atoms with Gasteiger partial charge < -0.3 is 14.8 Å². The van der Waals surface area contributed by atoms with Crippen LogP contribution in [0.4, 0.5) is 0 Å². The van der Waals surface area contributed by atoms with Crippen molar-refractivity contribution in [3.05, 3.63) is 47.5 Å². The summed E-state index contributed by atoms with van der Waals surface area (Å²) in [5.74, 6) is 0.424. The van der Waals surface area contributed by atoms with E-state index in [1.54, 1.807) is 31.4 Å². The van der Waals surface area contributed by atoms with Gasteiger partial charge in [0.25, 0.3) is 0 Å². The van der Waals surface area contributed by atoms with Gasteiger partial charge in [0.05, 0.1) is 34.5 Å². The molecule has 3 heterocycles. The molecule has 2 saturated carbocycles. The van der Waals surface area contributed by atoms with Crippen LogP contribution in [0.2, 0.25) is 0 Å². The molecule has 46 heavy (non-hydrogen) atoms. The average Bonchev–Trinajstić information content (AvgIpc) is 3.82. The van der Waals surface area contributed by atoms with Gasteiger partial charge in [-0.15, -0.1) is 17.9 Å². The molecular formula is C34H42N4O6S2. The molecule has 12 heteroatoms. The number of rotatable bonds is 12. The second-order valence-electron chi connectivity index (χ2n) is 13.7. The summed E-state index contributed by atoms with van der Waals surface area (Å²) >= 11 is 1.54. The van der Waals surface area contributed by atoms with Crippen LogP contribution in [0.3, 0.4) is 0 Å². The zero-order chi connectivity index (χ0) is 33.2. The minimum absolute atomic E-state index is 0.0694. The maximum Gasteiger partial charge on any atom is 0.240 e. The predicted octanol–water partition coefficient (Wildman–Crippen LogP) is 5.30. The number of sulfonamides is 1. The number of aromatic nitrogens is 2. The Morgan fingerprint density at radius 1 is 1.24 bits per heavy atom. The summed E-state index contributed by atoms with van der Waals surface area (Å²) in [6.45, 7) is 14.0. The van der Waals surface area contributed by atoms with Gasteiger partial charge in [-0.3, -0.25) is 14.3 Å². The van der Waals surface area contributed by atoms with Gasteiger partial charge in [0.15, 0.2) is 5.78 Å². The zero-order valence-electron chi connectivity index (χ0n) is 27.2. The molecule has 0 bridgehead atoms. The number of aryl methyl sites for hydroxylation is 1. The van der Waals surface area contributed by atoms with Gasteiger partial charge in [-0.25, -0.2) is 18.4 Å². The minimum atomic E-state index is -3.82. The van der Waals surface area contributed by atoms with Gasteiger partial charge in [0, 0.05) is 41.3 Å². The number of amides is 1. The van der Waals surface area contributed by atoms with Crippen molar-refractivity contribution in [1.29, 1.82) is 0 Å². The van der Waals surface area contributed by atoms with Crippen molar-refractivity contribution in [2.75, 3.05) is 13.7 Å². The van der Waals surface area contributed by atoms with Crippen LogP contribution in [0.1, 0.15) is 70.6 Å². The Balaban J connectivity index is 1.23. The molecule has 2 aliphatic carbocycles. The number of ether oxygens (including phenoxy) is 2. The number of benzene rings is 1. The standard InChI is InChI=1S/C34H42N4O6S2/c1-8-21-14-34(21,32(40)38-46(41,42)33(6)11-12-33)15-25(39)30-20(5)28(16-35-30)44-27-13-23(31-37-24(17-45-31)18(2)3)36-29-19(4)26(43-7)10-9-22(27)29/h8-10,13,17-18,20-21,28,30,35H,1,11-12,14-16H2,2-7H3,(H,38,40)/t20-,21-,28+,30+,34-/m1/s1. The Morgan fingerprint density at radius 3 is 2.59 bits per heavy atom. The number of Topliss-reactive ketones (excluding diaryl/α,β-unsaturated/α-hetero) is 1. The SMILES string of the molecule is C=C[C@@H]1C[C@]1(CC(=O)[C@H]1NC[C@H](Oc2cc(-c3nc(C(C)C)cs3)nc3c(C)c(OC)ccc23)[C@H]1C)C(=O)NS(=O)(=O)C1(C)CC1. The van der Waals surface area contributed by atoms with Crippen LogP contribution < -0.4 is 19.5 Å². The summed E-state index contributed by atoms with van der Waals surface area (Å²) in [6.07, 6.45) is 2.66. The molecule has 3 aliphatic rings. The van der Waals surface area contributed by atoms with Crippen LogP contribution >= 0.6 is 11.3 Å². The fraction of sp³-hybridized carbons (Fsp3) is 0.529. The fourth-order valence-corrected chi connectivity index (χ4v) is 8.70. The summed E-state index contributed by atoms with van der Waals surface area (Å²) < 4.78 is 39.3. The van der Waals surface area contributed by atoms with Gasteiger partial charge in [0.2, 0.25) is 15.9 Å². The van der Waals surface area contributed by atoms with Crippen molar-refractivity contribution in [3.8, 4) is 22.2 Å². The fourth-order valence-electron chi connectivity index (χ4n) is 6.42. The Kier molecular flexibility index (Phi) is 8.30. The Hall–Kier alpha value is -3.35. The molecule has 1 amide bonds. The van der Waals surface area contributed by atoms with Gasteiger partial charge in [-0.1, -0.05) is 26.8 Å². The van der Waals surface area contributed by atoms with Crippen LogP contribution in [-0.4, -0.2) is 60.6 Å². The van der Waals surface area contributed by atoms with E-state index in [2.05, 4.69) is 35.8 Å². The lowest BCUT2D eigenvalue weighted by Crippen LogP contribution is -2.45. The van der Waals surface area contributed by atoms with E-state index in [1.807, 2.05) is 32.0 Å². The molecule has 2 N–H and O–H groups in total. The van der Waals surface area contributed by atoms with Crippen LogP contribution in [0.15, 0.2) is 36.2 Å². The van der Waals surface area contributed by atoms with E-state index < -0.39 is 32.1 Å². The number of nitrogens with zero attached hydrogens (tertiary/aromatic N) is 2. The van der Waals surface area contributed by atoms with Crippen molar-refractivity contribution in [2.45, 2.75) is 83.1 Å². The minimum Gasteiger partial charge on any atom is -0.496 e. The highest BCUT2D eigenvalue weighted by molar-refractivity contribution is 7.91. The summed E-state index contributed by atoms with van der Waals surface area (Å²) in [5, 5.41) is 7.00. The molecule has 5 atom stereocenters. The molecule has 0 unspecified atom stereocenters. The maximum absolute atomic E-state index is 13.8. The monoisotopic (exact) mass is 666 g/mol. The summed E-state index contributed by atoms with van der Waals surface area (Å²) in [7, 11) is -2.19. The number of methoxy groups -OCH3 is 1. The highest BCUT2D eigenvalue weighted by Gasteiger charge is 2.62. The number of carbonyl (C=O) groups excluding carboxylic acids is 2. The third-order valence-corrected chi connectivity index (χ3v) is 13.2. The first-order chi connectivity index (χ1) is 21.7. The lowest BCUT2D eigenvalue weighted by molar-refractivity contribution is -0.131. The number of allylic oxidation sites excluding steroid dienone is 1. The smallest absolute Gasteiger partial charge is 0.240 e. The second-order valence-corrected chi connectivity index (χ2v) is 16.7. The molecule has 1 saturated heterocycles. The highest BCUT2D eigenvalue weighted by Crippen LogP contribution is 2.57. The summed E-state index contributed by atoms with van der Waals surface area (Å²) in [6, 6.07) is 5.19. The molecule has 3 aromatic rings. The second kappa shape index (κ2) is 11.7. The van der Waals surface area contributed by atoms with E-state index >= 15 is 0 Å². The molecule has 1 aromatic carbocycles. The molecule has 6 rings (SSSR count). The van der Waals surface area contributed by atoms with Crippen LogP contribution in [0, 0.1) is 24.2 Å². The van der Waals surface area contributed by atoms with Crippen molar-refractivity contribution >= 4 is 44.0 Å². The third-order valence-electron chi connectivity index (χ3n) is 10.2. The Bertz CT molecular complexity index is 1830. The number of nitrogens with one attached hydrogen (secondary N) is 2. The molecule has 10 nitrogen and oxygen atoms in total. The number of fused-ring (bicyclic) bond motifs is 1. The molecule has 1 aliphatic heterocycles. The summed E-state index contributed by atoms with van der Waals surface area (Å²) in [4.78, 5) is 36.9. The van der Waals surface area contributed by atoms with E-state index in [9.17, 15) is 18.0 Å². The number of hydrogen-bond donors (Lipinski definition) is 2. The van der Waals surface area contributed by atoms with Gasteiger partial charge in [0.1, 0.15) is 28.3 Å². The van der Waals surface area contributed by atoms with Crippen molar-refractivity contribution in [3.63, 3.8) is 0 Å². The van der Waals surface area contributed by atoms with Gasteiger partial charge >= 0.3 is 0 Å². The number of pyridine rings is 1. The van der Waals surface area contributed by atoms with Crippen molar-refractivity contribution in [2.24, 2.45) is 17.3 Å². The average molecular weight is 667 g/mol. The van der Waals surface area contributed by atoms with Gasteiger partial charge in [-0.05, 0) is 57.1 Å². The highest BCUT2D eigenvalue weighted by atomic mass is 32.2. The number of hydrogen-bond acceptors (Lipinski definition) is 10. The van der Waals surface area contributed by atoms with E-state index in [0.717, 1.165) is 32.9 Å². The van der Waals surface area contributed by atoms with Crippen molar-refractivity contribution in [1.82, 2.24) is 20.0 Å². The summed E-state index contributed by atoms with van der Waals surface area (Å²) in [5.41, 5.74) is 2.25. The largest absolute Gasteiger partial charge is 0.496 e. The molecule has 246 valence electrons. The predicted molar refractivity (Wildman–Crippen MR) is 179 cm³/mol. The Morgan fingerprint density at radius 2 is 1.98 bits per heavy atom. The maximum atomic E-state index is 13.8. The van der Waals surface area contributed by atoms with Crippen LogP contribution in [0.25, 0.3) is 21.6 Å². The molecule has 0 radical (unpaired) electrons.